The summed E-state index contributed by atoms with van der Waals surface area (Å²) in [4.78, 5) is 24.9. The van der Waals surface area contributed by atoms with Gasteiger partial charge in [0.25, 0.3) is 0 Å². The fraction of sp³-hybridized carbons (Fsp3) is 0.500. The SMILES string of the molecule is CC(C)(C)C(=O)C1CCCc2ccccc2C1=O. The number of carbonyl (C=O) groups excluding carboxylic acids is 2. The second kappa shape index (κ2) is 4.68. The maximum Gasteiger partial charge on any atom is 0.173 e. The van der Waals surface area contributed by atoms with Crippen LogP contribution >= 0.6 is 0 Å². The monoisotopic (exact) mass is 244 g/mol. The van der Waals surface area contributed by atoms with E-state index in [4.69, 9.17) is 0 Å². The molecular formula is C16H20O2. The van der Waals surface area contributed by atoms with Crippen LogP contribution in [-0.4, -0.2) is 11.6 Å². The fourth-order valence-corrected chi connectivity index (χ4v) is 2.57. The van der Waals surface area contributed by atoms with Crippen molar-refractivity contribution in [2.45, 2.75) is 40.0 Å². The maximum absolute atomic E-state index is 12.5. The molecule has 2 heteroatoms. The van der Waals surface area contributed by atoms with Gasteiger partial charge in [0, 0.05) is 11.0 Å². The predicted octanol–water partition coefficient (Wildman–Crippen LogP) is 3.44. The van der Waals surface area contributed by atoms with Gasteiger partial charge in [-0.25, -0.2) is 0 Å². The van der Waals surface area contributed by atoms with Crippen LogP contribution in [0.15, 0.2) is 24.3 Å². The van der Waals surface area contributed by atoms with Crippen molar-refractivity contribution in [3.05, 3.63) is 35.4 Å². The molecule has 0 aliphatic heterocycles. The molecule has 0 heterocycles. The van der Waals surface area contributed by atoms with Crippen molar-refractivity contribution < 1.29 is 9.59 Å². The van der Waals surface area contributed by atoms with Gasteiger partial charge >= 0.3 is 0 Å². The number of ketones is 2. The van der Waals surface area contributed by atoms with Crippen molar-refractivity contribution in [3.63, 3.8) is 0 Å². The van der Waals surface area contributed by atoms with Crippen LogP contribution in [0, 0.1) is 11.3 Å². The third-order valence-electron chi connectivity index (χ3n) is 3.59. The van der Waals surface area contributed by atoms with E-state index in [0.29, 0.717) is 6.42 Å². The molecule has 0 bridgehead atoms. The summed E-state index contributed by atoms with van der Waals surface area (Å²) in [5, 5.41) is 0. The molecule has 0 fully saturated rings. The van der Waals surface area contributed by atoms with E-state index in [1.165, 1.54) is 0 Å². The van der Waals surface area contributed by atoms with Gasteiger partial charge in [-0.15, -0.1) is 0 Å². The first-order valence-electron chi connectivity index (χ1n) is 6.57. The lowest BCUT2D eigenvalue weighted by atomic mass is 9.78. The van der Waals surface area contributed by atoms with Crippen LogP contribution in [0.1, 0.15) is 49.5 Å². The van der Waals surface area contributed by atoms with Crippen LogP contribution in [-0.2, 0) is 11.2 Å². The summed E-state index contributed by atoms with van der Waals surface area (Å²) in [5.74, 6) is -0.360. The zero-order chi connectivity index (χ0) is 13.3. The van der Waals surface area contributed by atoms with Gasteiger partial charge in [-0.1, -0.05) is 45.0 Å². The molecule has 0 saturated heterocycles. The molecule has 1 aliphatic rings. The molecular weight excluding hydrogens is 224 g/mol. The molecule has 0 saturated carbocycles. The summed E-state index contributed by atoms with van der Waals surface area (Å²) < 4.78 is 0. The van der Waals surface area contributed by atoms with E-state index >= 15 is 0 Å². The summed E-state index contributed by atoms with van der Waals surface area (Å²) in [5.41, 5.74) is 1.39. The summed E-state index contributed by atoms with van der Waals surface area (Å²) >= 11 is 0. The van der Waals surface area contributed by atoms with Crippen LogP contribution in [0.2, 0.25) is 0 Å². The smallest absolute Gasteiger partial charge is 0.173 e. The van der Waals surface area contributed by atoms with Crippen LogP contribution in [0.5, 0.6) is 0 Å². The van der Waals surface area contributed by atoms with E-state index in [2.05, 4.69) is 0 Å². The molecule has 0 aromatic heterocycles. The van der Waals surface area contributed by atoms with Gasteiger partial charge in [-0.2, -0.15) is 0 Å². The number of benzene rings is 1. The Labute approximate surface area is 108 Å². The number of rotatable bonds is 1. The first-order valence-corrected chi connectivity index (χ1v) is 6.57. The molecule has 0 amide bonds. The zero-order valence-corrected chi connectivity index (χ0v) is 11.3. The van der Waals surface area contributed by atoms with Gasteiger partial charge in [-0.05, 0) is 24.8 Å². The van der Waals surface area contributed by atoms with Gasteiger partial charge in [0.15, 0.2) is 5.78 Å². The van der Waals surface area contributed by atoms with Crippen molar-refractivity contribution in [1.82, 2.24) is 0 Å². The first-order chi connectivity index (χ1) is 8.41. The van der Waals surface area contributed by atoms with Crippen molar-refractivity contribution in [2.24, 2.45) is 11.3 Å². The molecule has 1 aromatic carbocycles. The summed E-state index contributed by atoms with van der Waals surface area (Å²) in [6.45, 7) is 5.66. The minimum atomic E-state index is -0.450. The van der Waals surface area contributed by atoms with E-state index < -0.39 is 11.3 Å². The van der Waals surface area contributed by atoms with E-state index in [9.17, 15) is 9.59 Å². The summed E-state index contributed by atoms with van der Waals surface area (Å²) in [6, 6.07) is 7.68. The minimum Gasteiger partial charge on any atom is -0.298 e. The topological polar surface area (TPSA) is 34.1 Å². The largest absolute Gasteiger partial charge is 0.298 e. The second-order valence-corrected chi connectivity index (χ2v) is 6.08. The zero-order valence-electron chi connectivity index (χ0n) is 11.3. The molecule has 18 heavy (non-hydrogen) atoms. The van der Waals surface area contributed by atoms with Gasteiger partial charge in [0.2, 0.25) is 0 Å². The first kappa shape index (κ1) is 13.0. The van der Waals surface area contributed by atoms with Crippen LogP contribution in [0.25, 0.3) is 0 Å². The molecule has 0 radical (unpaired) electrons. The molecule has 96 valence electrons. The van der Waals surface area contributed by atoms with Crippen LogP contribution < -0.4 is 0 Å². The normalized spacial score (nSPS) is 20.2. The Morgan fingerprint density at radius 2 is 1.89 bits per heavy atom. The Hall–Kier alpha value is -1.44. The Bertz CT molecular complexity index is 480. The Morgan fingerprint density at radius 1 is 1.22 bits per heavy atom. The molecule has 2 rings (SSSR count). The van der Waals surface area contributed by atoms with Crippen molar-refractivity contribution >= 4 is 11.6 Å². The molecule has 2 nitrogen and oxygen atoms in total. The fourth-order valence-electron chi connectivity index (χ4n) is 2.57. The second-order valence-electron chi connectivity index (χ2n) is 6.08. The van der Waals surface area contributed by atoms with E-state index in [1.54, 1.807) is 0 Å². The standard InChI is InChI=1S/C16H20O2/c1-16(2,3)15(18)13-10-6-8-11-7-4-5-9-12(11)14(13)17/h4-5,7,9,13H,6,8,10H2,1-3H3. The summed E-state index contributed by atoms with van der Waals surface area (Å²) in [6.07, 6.45) is 2.49. The number of carbonyl (C=O) groups is 2. The molecule has 0 spiro atoms. The van der Waals surface area contributed by atoms with Gasteiger partial charge in [0.05, 0.1) is 5.92 Å². The van der Waals surface area contributed by atoms with E-state index in [0.717, 1.165) is 24.0 Å². The van der Waals surface area contributed by atoms with Crippen LogP contribution in [0.3, 0.4) is 0 Å². The molecule has 1 atom stereocenters. The quantitative estimate of drug-likeness (QED) is 0.560. The lowest BCUT2D eigenvalue weighted by molar-refractivity contribution is -0.129. The third-order valence-corrected chi connectivity index (χ3v) is 3.59. The number of aryl methyl sites for hydroxylation is 1. The van der Waals surface area contributed by atoms with Gasteiger partial charge in [-0.3, -0.25) is 9.59 Å². The highest BCUT2D eigenvalue weighted by Gasteiger charge is 2.36. The highest BCUT2D eigenvalue weighted by Crippen LogP contribution is 2.30. The van der Waals surface area contributed by atoms with Gasteiger partial charge < -0.3 is 0 Å². The maximum atomic E-state index is 12.5. The Kier molecular flexibility index (Phi) is 3.38. The lowest BCUT2D eigenvalue weighted by Crippen LogP contribution is -2.33. The highest BCUT2D eigenvalue weighted by atomic mass is 16.2. The lowest BCUT2D eigenvalue weighted by Gasteiger charge is -2.22. The summed E-state index contributed by atoms with van der Waals surface area (Å²) in [7, 11) is 0. The van der Waals surface area contributed by atoms with Crippen molar-refractivity contribution in [1.29, 1.82) is 0 Å². The number of fused-ring (bicyclic) bond motifs is 1. The number of hydrogen-bond donors (Lipinski definition) is 0. The number of Topliss-reactive ketones (excluding diaryl/α,β-unsaturated/α-hetero) is 2. The molecule has 1 aliphatic carbocycles. The average Bonchev–Trinajstić information content (AvgIpc) is 2.47. The predicted molar refractivity (Wildman–Crippen MR) is 71.7 cm³/mol. The number of hydrogen-bond acceptors (Lipinski definition) is 2. The molecule has 1 unspecified atom stereocenters. The molecule has 1 aromatic rings. The average molecular weight is 244 g/mol. The highest BCUT2D eigenvalue weighted by molar-refractivity contribution is 6.12. The Morgan fingerprint density at radius 3 is 2.56 bits per heavy atom. The third kappa shape index (κ3) is 2.38. The van der Waals surface area contributed by atoms with E-state index in [-0.39, 0.29) is 11.6 Å². The van der Waals surface area contributed by atoms with Gasteiger partial charge in [0.1, 0.15) is 5.78 Å². The van der Waals surface area contributed by atoms with Crippen LogP contribution in [0.4, 0.5) is 0 Å². The van der Waals surface area contributed by atoms with E-state index in [1.807, 2.05) is 45.0 Å². The minimum absolute atomic E-state index is 0.0167. The van der Waals surface area contributed by atoms with Crippen molar-refractivity contribution in [3.8, 4) is 0 Å². The van der Waals surface area contributed by atoms with Crippen molar-refractivity contribution in [2.75, 3.05) is 0 Å². The molecule has 0 N–H and O–H groups in total. The Balaban J connectivity index is 2.37.